The summed E-state index contributed by atoms with van der Waals surface area (Å²) in [5, 5.41) is 9.22. The molecule has 0 bridgehead atoms. The van der Waals surface area contributed by atoms with Crippen molar-refractivity contribution in [3.05, 3.63) is 22.6 Å². The van der Waals surface area contributed by atoms with E-state index >= 15 is 0 Å². The molecule has 5 heteroatoms. The van der Waals surface area contributed by atoms with Crippen LogP contribution in [-0.2, 0) is 0 Å². The fourth-order valence-electron chi connectivity index (χ4n) is 1.01. The summed E-state index contributed by atoms with van der Waals surface area (Å²) in [6, 6.07) is 0. The quantitative estimate of drug-likeness (QED) is 0.743. The monoisotopic (exact) mass is 227 g/mol. The molecule has 0 aliphatic carbocycles. The Morgan fingerprint density at radius 1 is 1.42 bits per heavy atom. The lowest BCUT2D eigenvalue weighted by Crippen LogP contribution is -1.87. The van der Waals surface area contributed by atoms with Crippen LogP contribution in [0.2, 0.25) is 0 Å². The van der Waals surface area contributed by atoms with Gasteiger partial charge in [-0.2, -0.15) is 4.98 Å². The number of aromatic hydroxyl groups is 1. The van der Waals surface area contributed by atoms with Crippen LogP contribution in [0.25, 0.3) is 5.78 Å². The van der Waals surface area contributed by atoms with Crippen LogP contribution in [0, 0.1) is 6.92 Å². The van der Waals surface area contributed by atoms with E-state index in [-0.39, 0.29) is 5.88 Å². The highest BCUT2D eigenvalue weighted by Crippen LogP contribution is 2.20. The summed E-state index contributed by atoms with van der Waals surface area (Å²) in [6.45, 7) is 1.87. The fourth-order valence-corrected chi connectivity index (χ4v) is 1.32. The Kier molecular flexibility index (Phi) is 1.54. The molecule has 2 heterocycles. The Bertz CT molecular complexity index is 398. The van der Waals surface area contributed by atoms with Crippen LogP contribution in [0.5, 0.6) is 5.88 Å². The summed E-state index contributed by atoms with van der Waals surface area (Å²) in [7, 11) is 0. The number of nitrogens with zero attached hydrogens (tertiary/aromatic N) is 3. The largest absolute Gasteiger partial charge is 0.492 e. The van der Waals surface area contributed by atoms with Crippen molar-refractivity contribution >= 4 is 21.7 Å². The van der Waals surface area contributed by atoms with E-state index in [0.29, 0.717) is 10.3 Å². The Balaban J connectivity index is 2.83. The van der Waals surface area contributed by atoms with Gasteiger partial charge in [0.1, 0.15) is 0 Å². The first-order valence-electron chi connectivity index (χ1n) is 3.37. The molecule has 2 aromatic heterocycles. The van der Waals surface area contributed by atoms with E-state index < -0.39 is 0 Å². The van der Waals surface area contributed by atoms with Crippen molar-refractivity contribution in [2.75, 3.05) is 0 Å². The number of hydrogen-bond acceptors (Lipinski definition) is 3. The zero-order valence-corrected chi connectivity index (χ0v) is 7.91. The molecular formula is C7H6BrN3O. The zero-order chi connectivity index (χ0) is 8.72. The SMILES string of the molecule is Cc1cn2cc(Br)c(O)nc2n1. The van der Waals surface area contributed by atoms with E-state index in [2.05, 4.69) is 25.9 Å². The molecule has 0 amide bonds. The maximum absolute atomic E-state index is 9.22. The Morgan fingerprint density at radius 2 is 2.17 bits per heavy atom. The topological polar surface area (TPSA) is 50.4 Å². The first kappa shape index (κ1) is 7.54. The van der Waals surface area contributed by atoms with Gasteiger partial charge in [0.25, 0.3) is 0 Å². The van der Waals surface area contributed by atoms with Crippen LogP contribution in [0.4, 0.5) is 0 Å². The van der Waals surface area contributed by atoms with Gasteiger partial charge < -0.3 is 5.11 Å². The van der Waals surface area contributed by atoms with Gasteiger partial charge in [0, 0.05) is 12.4 Å². The molecule has 0 saturated carbocycles. The van der Waals surface area contributed by atoms with E-state index in [1.807, 2.05) is 13.1 Å². The summed E-state index contributed by atoms with van der Waals surface area (Å²) in [5.74, 6) is 0.473. The van der Waals surface area contributed by atoms with Crippen molar-refractivity contribution in [2.45, 2.75) is 6.92 Å². The number of halogens is 1. The van der Waals surface area contributed by atoms with E-state index in [9.17, 15) is 5.11 Å². The summed E-state index contributed by atoms with van der Waals surface area (Å²) in [6.07, 6.45) is 3.56. The lowest BCUT2D eigenvalue weighted by atomic mass is 10.6. The van der Waals surface area contributed by atoms with Crippen LogP contribution >= 0.6 is 15.9 Å². The third-order valence-corrected chi connectivity index (χ3v) is 2.06. The number of rotatable bonds is 0. The predicted molar refractivity (Wildman–Crippen MR) is 47.1 cm³/mol. The Hall–Kier alpha value is -1.10. The van der Waals surface area contributed by atoms with E-state index in [0.717, 1.165) is 5.69 Å². The van der Waals surface area contributed by atoms with Gasteiger partial charge in [-0.3, -0.25) is 4.40 Å². The average Bonchev–Trinajstić information content (AvgIpc) is 2.30. The lowest BCUT2D eigenvalue weighted by molar-refractivity contribution is 0.450. The molecule has 0 fully saturated rings. The smallest absolute Gasteiger partial charge is 0.237 e. The molecule has 0 aromatic carbocycles. The minimum Gasteiger partial charge on any atom is -0.492 e. The van der Waals surface area contributed by atoms with Gasteiger partial charge in [-0.1, -0.05) is 0 Å². The number of aryl methyl sites for hydroxylation is 1. The summed E-state index contributed by atoms with van der Waals surface area (Å²) in [5.41, 5.74) is 0.875. The lowest BCUT2D eigenvalue weighted by Gasteiger charge is -1.95. The molecule has 0 spiro atoms. The molecule has 0 saturated heterocycles. The van der Waals surface area contributed by atoms with Crippen LogP contribution in [0.3, 0.4) is 0 Å². The van der Waals surface area contributed by atoms with Crippen LogP contribution in [0.15, 0.2) is 16.9 Å². The van der Waals surface area contributed by atoms with Crippen molar-refractivity contribution in [1.29, 1.82) is 0 Å². The maximum atomic E-state index is 9.22. The van der Waals surface area contributed by atoms with Crippen molar-refractivity contribution in [2.24, 2.45) is 0 Å². The third kappa shape index (κ3) is 1.06. The van der Waals surface area contributed by atoms with Crippen molar-refractivity contribution in [1.82, 2.24) is 14.4 Å². The Morgan fingerprint density at radius 3 is 2.92 bits per heavy atom. The standard InChI is InChI=1S/C7H6BrN3O/c1-4-2-11-3-5(8)6(12)10-7(11)9-4/h2-3H,1H3,(H,9,10,12). The van der Waals surface area contributed by atoms with Gasteiger partial charge in [-0.15, -0.1) is 0 Å². The summed E-state index contributed by atoms with van der Waals surface area (Å²) >= 11 is 3.16. The highest BCUT2D eigenvalue weighted by atomic mass is 79.9. The minimum atomic E-state index is -0.0342. The second-order valence-electron chi connectivity index (χ2n) is 2.50. The van der Waals surface area contributed by atoms with Gasteiger partial charge in [-0.25, -0.2) is 4.98 Å². The highest BCUT2D eigenvalue weighted by molar-refractivity contribution is 9.10. The van der Waals surface area contributed by atoms with E-state index in [1.165, 1.54) is 0 Å². The first-order chi connectivity index (χ1) is 5.66. The summed E-state index contributed by atoms with van der Waals surface area (Å²) < 4.78 is 2.31. The molecule has 4 nitrogen and oxygen atoms in total. The van der Waals surface area contributed by atoms with Crippen molar-refractivity contribution in [3.63, 3.8) is 0 Å². The minimum absolute atomic E-state index is 0.0342. The summed E-state index contributed by atoms with van der Waals surface area (Å²) in [4.78, 5) is 7.94. The normalized spacial score (nSPS) is 10.8. The number of hydrogen-bond donors (Lipinski definition) is 1. The second kappa shape index (κ2) is 2.45. The average molecular weight is 228 g/mol. The van der Waals surface area contributed by atoms with Gasteiger partial charge in [-0.05, 0) is 22.9 Å². The van der Waals surface area contributed by atoms with Crippen LogP contribution < -0.4 is 0 Å². The number of imidazole rings is 1. The fraction of sp³-hybridized carbons (Fsp3) is 0.143. The molecule has 0 unspecified atom stereocenters. The molecule has 0 aliphatic rings. The van der Waals surface area contributed by atoms with E-state index in [1.54, 1.807) is 10.6 Å². The molecule has 0 atom stereocenters. The molecule has 2 rings (SSSR count). The van der Waals surface area contributed by atoms with Crippen molar-refractivity contribution < 1.29 is 5.11 Å². The third-order valence-electron chi connectivity index (χ3n) is 1.51. The molecule has 0 aliphatic heterocycles. The van der Waals surface area contributed by atoms with Gasteiger partial charge >= 0.3 is 0 Å². The zero-order valence-electron chi connectivity index (χ0n) is 6.32. The maximum Gasteiger partial charge on any atom is 0.237 e. The molecule has 0 radical (unpaired) electrons. The molecule has 12 heavy (non-hydrogen) atoms. The van der Waals surface area contributed by atoms with Crippen LogP contribution in [-0.4, -0.2) is 19.5 Å². The van der Waals surface area contributed by atoms with Crippen LogP contribution in [0.1, 0.15) is 5.69 Å². The molecule has 62 valence electrons. The molecule has 1 N–H and O–H groups in total. The van der Waals surface area contributed by atoms with E-state index in [4.69, 9.17) is 0 Å². The first-order valence-corrected chi connectivity index (χ1v) is 4.17. The number of fused-ring (bicyclic) bond motifs is 1. The predicted octanol–water partition coefficient (Wildman–Crippen LogP) is 1.51. The molecule has 2 aromatic rings. The van der Waals surface area contributed by atoms with Gasteiger partial charge in [0.2, 0.25) is 11.7 Å². The highest BCUT2D eigenvalue weighted by Gasteiger charge is 2.03. The molecular weight excluding hydrogens is 222 g/mol. The number of aromatic nitrogens is 3. The Labute approximate surface area is 77.0 Å². The van der Waals surface area contributed by atoms with Gasteiger partial charge in [0.05, 0.1) is 10.2 Å². The van der Waals surface area contributed by atoms with Gasteiger partial charge in [0.15, 0.2) is 0 Å². The van der Waals surface area contributed by atoms with Crippen molar-refractivity contribution in [3.8, 4) is 5.88 Å². The second-order valence-corrected chi connectivity index (χ2v) is 3.36.